The average molecular weight is 167 g/mol. The van der Waals surface area contributed by atoms with Crippen molar-refractivity contribution in [3.05, 3.63) is 34.4 Å². The van der Waals surface area contributed by atoms with Crippen molar-refractivity contribution in [1.29, 1.82) is 0 Å². The van der Waals surface area contributed by atoms with E-state index in [1.807, 2.05) is 0 Å². The van der Waals surface area contributed by atoms with Gasteiger partial charge >= 0.3 is 0 Å². The maximum Gasteiger partial charge on any atom is 0.0414 e. The summed E-state index contributed by atoms with van der Waals surface area (Å²) in [6.45, 7) is 0. The molecular formula is C10H11Cl. The van der Waals surface area contributed by atoms with E-state index < -0.39 is 0 Å². The third kappa shape index (κ3) is 1.41. The largest absolute Gasteiger partial charge is 0.0843 e. The SMILES string of the molecule is ClC1=CC2=CCCCCC2=C1. The molecule has 2 rings (SSSR count). The van der Waals surface area contributed by atoms with Crippen molar-refractivity contribution < 1.29 is 0 Å². The molecule has 0 aromatic rings. The molecule has 0 heterocycles. The molecule has 0 atom stereocenters. The smallest absolute Gasteiger partial charge is 0.0414 e. The van der Waals surface area contributed by atoms with Crippen LogP contribution < -0.4 is 0 Å². The molecule has 0 nitrogen and oxygen atoms in total. The van der Waals surface area contributed by atoms with E-state index in [9.17, 15) is 0 Å². The third-order valence-electron chi connectivity index (χ3n) is 2.24. The lowest BCUT2D eigenvalue weighted by Gasteiger charge is -1.97. The number of allylic oxidation sites excluding steroid dienone is 6. The summed E-state index contributed by atoms with van der Waals surface area (Å²) in [6, 6.07) is 0. The van der Waals surface area contributed by atoms with E-state index in [0.29, 0.717) is 0 Å². The zero-order chi connectivity index (χ0) is 7.68. The van der Waals surface area contributed by atoms with Crippen molar-refractivity contribution in [2.75, 3.05) is 0 Å². The van der Waals surface area contributed by atoms with E-state index in [4.69, 9.17) is 11.6 Å². The minimum atomic E-state index is 0.896. The van der Waals surface area contributed by atoms with Crippen LogP contribution in [0.5, 0.6) is 0 Å². The molecule has 0 bridgehead atoms. The van der Waals surface area contributed by atoms with Crippen molar-refractivity contribution in [2.45, 2.75) is 25.7 Å². The Bertz CT molecular complexity index is 256. The summed E-state index contributed by atoms with van der Waals surface area (Å²) in [5.41, 5.74) is 2.81. The van der Waals surface area contributed by atoms with Crippen molar-refractivity contribution in [3.63, 3.8) is 0 Å². The van der Waals surface area contributed by atoms with Gasteiger partial charge in [-0.05, 0) is 49.0 Å². The fourth-order valence-electron chi connectivity index (χ4n) is 1.66. The van der Waals surface area contributed by atoms with Crippen LogP contribution in [0.4, 0.5) is 0 Å². The minimum Gasteiger partial charge on any atom is -0.0843 e. The molecule has 2 aliphatic carbocycles. The molecule has 0 amide bonds. The highest BCUT2D eigenvalue weighted by atomic mass is 35.5. The summed E-state index contributed by atoms with van der Waals surface area (Å²) >= 11 is 5.88. The summed E-state index contributed by atoms with van der Waals surface area (Å²) in [5, 5.41) is 0.896. The molecule has 0 aliphatic heterocycles. The molecule has 0 aromatic heterocycles. The van der Waals surface area contributed by atoms with Gasteiger partial charge in [0.05, 0.1) is 0 Å². The van der Waals surface area contributed by atoms with E-state index in [1.54, 1.807) is 0 Å². The highest BCUT2D eigenvalue weighted by Crippen LogP contribution is 2.32. The normalized spacial score (nSPS) is 23.2. The Kier molecular flexibility index (Phi) is 1.87. The molecule has 2 aliphatic rings. The highest BCUT2D eigenvalue weighted by molar-refractivity contribution is 6.32. The molecule has 0 saturated carbocycles. The van der Waals surface area contributed by atoms with Gasteiger partial charge in [0, 0.05) is 5.03 Å². The van der Waals surface area contributed by atoms with Crippen molar-refractivity contribution in [3.8, 4) is 0 Å². The van der Waals surface area contributed by atoms with Crippen LogP contribution in [0.3, 0.4) is 0 Å². The van der Waals surface area contributed by atoms with E-state index in [1.165, 1.54) is 36.8 Å². The van der Waals surface area contributed by atoms with Gasteiger partial charge in [-0.25, -0.2) is 0 Å². The zero-order valence-electron chi connectivity index (χ0n) is 6.44. The Morgan fingerprint density at radius 3 is 3.00 bits per heavy atom. The number of fused-ring (bicyclic) bond motifs is 1. The molecule has 0 unspecified atom stereocenters. The van der Waals surface area contributed by atoms with E-state index in [2.05, 4.69) is 18.2 Å². The zero-order valence-corrected chi connectivity index (χ0v) is 7.19. The van der Waals surface area contributed by atoms with Gasteiger partial charge < -0.3 is 0 Å². The maximum absolute atomic E-state index is 5.88. The monoisotopic (exact) mass is 166 g/mol. The second-order valence-corrected chi connectivity index (χ2v) is 3.54. The van der Waals surface area contributed by atoms with Crippen LogP contribution >= 0.6 is 11.6 Å². The number of halogens is 1. The lowest BCUT2D eigenvalue weighted by Crippen LogP contribution is -1.78. The molecule has 11 heavy (non-hydrogen) atoms. The van der Waals surface area contributed by atoms with Crippen LogP contribution in [0.15, 0.2) is 34.4 Å². The molecular weight excluding hydrogens is 156 g/mol. The molecule has 1 heteroatoms. The Balaban J connectivity index is 2.31. The highest BCUT2D eigenvalue weighted by Gasteiger charge is 2.12. The van der Waals surface area contributed by atoms with Crippen LogP contribution in [0.1, 0.15) is 25.7 Å². The Morgan fingerprint density at radius 2 is 2.09 bits per heavy atom. The molecule has 0 spiro atoms. The van der Waals surface area contributed by atoms with E-state index in [0.717, 1.165) is 5.03 Å². The summed E-state index contributed by atoms with van der Waals surface area (Å²) in [7, 11) is 0. The van der Waals surface area contributed by atoms with Crippen LogP contribution in [0.25, 0.3) is 0 Å². The standard InChI is InChI=1S/C10H11Cl/c11-10-6-8-4-2-1-3-5-9(8)7-10/h4,6-7H,1-3,5H2. The van der Waals surface area contributed by atoms with Crippen LogP contribution in [-0.4, -0.2) is 0 Å². The average Bonchev–Trinajstić information content (AvgIpc) is 2.17. The Hall–Kier alpha value is -0.490. The second kappa shape index (κ2) is 2.86. The van der Waals surface area contributed by atoms with Gasteiger partial charge in [-0.15, -0.1) is 0 Å². The van der Waals surface area contributed by atoms with Gasteiger partial charge in [0.1, 0.15) is 0 Å². The predicted octanol–water partition coefficient (Wildman–Crippen LogP) is 3.55. The third-order valence-corrected chi connectivity index (χ3v) is 2.46. The van der Waals surface area contributed by atoms with E-state index >= 15 is 0 Å². The van der Waals surface area contributed by atoms with Gasteiger partial charge in [-0.3, -0.25) is 0 Å². The van der Waals surface area contributed by atoms with E-state index in [-0.39, 0.29) is 0 Å². The fraction of sp³-hybridized carbons (Fsp3) is 0.400. The first-order valence-electron chi connectivity index (χ1n) is 4.14. The lowest BCUT2D eigenvalue weighted by molar-refractivity contribution is 0.765. The molecule has 58 valence electrons. The minimum absolute atomic E-state index is 0.896. The van der Waals surface area contributed by atoms with Crippen molar-refractivity contribution >= 4 is 11.6 Å². The summed E-state index contributed by atoms with van der Waals surface area (Å²) in [4.78, 5) is 0. The van der Waals surface area contributed by atoms with Crippen LogP contribution in [0.2, 0.25) is 0 Å². The van der Waals surface area contributed by atoms with Gasteiger partial charge in [-0.2, -0.15) is 0 Å². The van der Waals surface area contributed by atoms with Gasteiger partial charge in [0.25, 0.3) is 0 Å². The first kappa shape index (κ1) is 7.17. The number of hydrogen-bond acceptors (Lipinski definition) is 0. The van der Waals surface area contributed by atoms with Gasteiger partial charge in [0.15, 0.2) is 0 Å². The van der Waals surface area contributed by atoms with Crippen molar-refractivity contribution in [1.82, 2.24) is 0 Å². The summed E-state index contributed by atoms with van der Waals surface area (Å²) in [5.74, 6) is 0. The fourth-order valence-corrected chi connectivity index (χ4v) is 1.91. The predicted molar refractivity (Wildman–Crippen MR) is 48.6 cm³/mol. The topological polar surface area (TPSA) is 0 Å². The van der Waals surface area contributed by atoms with Crippen LogP contribution in [-0.2, 0) is 0 Å². The molecule has 0 radical (unpaired) electrons. The van der Waals surface area contributed by atoms with Crippen LogP contribution in [0, 0.1) is 0 Å². The molecule has 0 saturated heterocycles. The Labute approximate surface area is 72.2 Å². The first-order valence-corrected chi connectivity index (χ1v) is 4.52. The quantitative estimate of drug-likeness (QED) is 0.516. The number of rotatable bonds is 0. The molecule has 0 aromatic carbocycles. The molecule has 0 N–H and O–H groups in total. The second-order valence-electron chi connectivity index (χ2n) is 3.10. The van der Waals surface area contributed by atoms with Gasteiger partial charge in [-0.1, -0.05) is 17.7 Å². The number of hydrogen-bond donors (Lipinski definition) is 0. The Morgan fingerprint density at radius 1 is 1.18 bits per heavy atom. The summed E-state index contributed by atoms with van der Waals surface area (Å²) in [6.07, 6.45) is 11.5. The maximum atomic E-state index is 5.88. The first-order chi connectivity index (χ1) is 5.36. The lowest BCUT2D eigenvalue weighted by atomic mass is 10.1. The van der Waals surface area contributed by atoms with Crippen molar-refractivity contribution in [2.24, 2.45) is 0 Å². The summed E-state index contributed by atoms with van der Waals surface area (Å²) < 4.78 is 0. The van der Waals surface area contributed by atoms with Gasteiger partial charge in [0.2, 0.25) is 0 Å². The molecule has 0 fully saturated rings.